The second kappa shape index (κ2) is 7.29. The number of hydrogen-bond acceptors (Lipinski definition) is 2. The summed E-state index contributed by atoms with van der Waals surface area (Å²) in [5.74, 6) is 0.665. The van der Waals surface area contributed by atoms with E-state index in [0.717, 1.165) is 16.8 Å². The molecule has 0 spiro atoms. The van der Waals surface area contributed by atoms with Crippen LogP contribution in [0.2, 0.25) is 0 Å². The summed E-state index contributed by atoms with van der Waals surface area (Å²) in [6, 6.07) is 5.58. The summed E-state index contributed by atoms with van der Waals surface area (Å²) in [5.41, 5.74) is 3.14. The van der Waals surface area contributed by atoms with E-state index in [1.807, 2.05) is 18.2 Å². The lowest BCUT2D eigenvalue weighted by atomic mass is 9.93. The van der Waals surface area contributed by atoms with Gasteiger partial charge in [0.05, 0.1) is 12.6 Å². The SMILES string of the molecule is CC(CO)NC(=O)Nc1c(C(C)C)cccc1C(C)C. The number of carbonyl (C=O) groups excluding carboxylic acids is 1. The first kappa shape index (κ1) is 16.5. The molecule has 3 N–H and O–H groups in total. The zero-order chi connectivity index (χ0) is 15.3. The highest BCUT2D eigenvalue weighted by Gasteiger charge is 2.16. The third kappa shape index (κ3) is 4.23. The first-order valence-corrected chi connectivity index (χ1v) is 7.18. The molecular formula is C16H26N2O2. The Labute approximate surface area is 121 Å². The molecule has 4 nitrogen and oxygen atoms in total. The number of para-hydroxylation sites is 1. The van der Waals surface area contributed by atoms with Crippen molar-refractivity contribution in [3.63, 3.8) is 0 Å². The van der Waals surface area contributed by atoms with E-state index in [1.54, 1.807) is 6.92 Å². The Morgan fingerprint density at radius 1 is 1.10 bits per heavy atom. The average molecular weight is 278 g/mol. The summed E-state index contributed by atoms with van der Waals surface area (Å²) in [4.78, 5) is 12.0. The second-order valence-electron chi connectivity index (χ2n) is 5.80. The molecule has 0 aliphatic rings. The van der Waals surface area contributed by atoms with E-state index >= 15 is 0 Å². The molecule has 0 aliphatic heterocycles. The molecule has 0 aliphatic carbocycles. The minimum atomic E-state index is -0.276. The third-order valence-electron chi connectivity index (χ3n) is 3.26. The average Bonchev–Trinajstić information content (AvgIpc) is 2.37. The summed E-state index contributed by atoms with van der Waals surface area (Å²) in [5, 5.41) is 14.6. The maximum atomic E-state index is 12.0. The van der Waals surface area contributed by atoms with Crippen LogP contribution >= 0.6 is 0 Å². The van der Waals surface area contributed by atoms with Gasteiger partial charge < -0.3 is 15.7 Å². The minimum Gasteiger partial charge on any atom is -0.394 e. The summed E-state index contributed by atoms with van der Waals surface area (Å²) in [6.07, 6.45) is 0. The Balaban J connectivity index is 3.04. The molecule has 0 radical (unpaired) electrons. The molecule has 1 aromatic carbocycles. The van der Waals surface area contributed by atoms with Crippen LogP contribution in [0.4, 0.5) is 10.5 Å². The van der Waals surface area contributed by atoms with E-state index in [4.69, 9.17) is 5.11 Å². The van der Waals surface area contributed by atoms with Gasteiger partial charge in [-0.2, -0.15) is 0 Å². The summed E-state index contributed by atoms with van der Waals surface area (Å²) in [6.45, 7) is 10.1. The topological polar surface area (TPSA) is 61.4 Å². The number of urea groups is 1. The number of amides is 2. The van der Waals surface area contributed by atoms with Crippen molar-refractivity contribution in [3.05, 3.63) is 29.3 Å². The molecule has 0 saturated carbocycles. The van der Waals surface area contributed by atoms with Crippen LogP contribution < -0.4 is 10.6 Å². The maximum absolute atomic E-state index is 12.0. The van der Waals surface area contributed by atoms with Gasteiger partial charge in [0.1, 0.15) is 0 Å². The number of aliphatic hydroxyl groups is 1. The molecule has 4 heteroatoms. The molecule has 20 heavy (non-hydrogen) atoms. The zero-order valence-corrected chi connectivity index (χ0v) is 13.0. The van der Waals surface area contributed by atoms with Crippen molar-refractivity contribution in [2.75, 3.05) is 11.9 Å². The molecule has 112 valence electrons. The van der Waals surface area contributed by atoms with Crippen molar-refractivity contribution in [3.8, 4) is 0 Å². The van der Waals surface area contributed by atoms with Crippen LogP contribution in [-0.4, -0.2) is 23.8 Å². The number of aliphatic hydroxyl groups excluding tert-OH is 1. The van der Waals surface area contributed by atoms with Gasteiger partial charge in [-0.15, -0.1) is 0 Å². The van der Waals surface area contributed by atoms with E-state index in [1.165, 1.54) is 0 Å². The van der Waals surface area contributed by atoms with Gasteiger partial charge in [-0.3, -0.25) is 0 Å². The van der Waals surface area contributed by atoms with Gasteiger partial charge in [-0.05, 0) is 29.9 Å². The lowest BCUT2D eigenvalue weighted by Gasteiger charge is -2.21. The van der Waals surface area contributed by atoms with Gasteiger partial charge in [-0.1, -0.05) is 45.9 Å². The largest absolute Gasteiger partial charge is 0.394 e. The van der Waals surface area contributed by atoms with Gasteiger partial charge >= 0.3 is 6.03 Å². The van der Waals surface area contributed by atoms with Crippen LogP contribution in [0.5, 0.6) is 0 Å². The number of rotatable bonds is 5. The highest BCUT2D eigenvalue weighted by molar-refractivity contribution is 5.91. The standard InChI is InChI=1S/C16H26N2O2/c1-10(2)13-7-6-8-14(11(3)4)15(13)18-16(20)17-12(5)9-19/h6-8,10-12,19H,9H2,1-5H3,(H2,17,18,20). The molecule has 0 fully saturated rings. The number of nitrogens with one attached hydrogen (secondary N) is 2. The van der Waals surface area contributed by atoms with Crippen LogP contribution in [-0.2, 0) is 0 Å². The molecule has 0 saturated heterocycles. The molecule has 1 aromatic rings. The van der Waals surface area contributed by atoms with E-state index in [-0.39, 0.29) is 18.7 Å². The fourth-order valence-corrected chi connectivity index (χ4v) is 2.11. The molecule has 1 unspecified atom stereocenters. The Morgan fingerprint density at radius 2 is 1.60 bits per heavy atom. The van der Waals surface area contributed by atoms with Gasteiger partial charge in [0.25, 0.3) is 0 Å². The molecule has 0 heterocycles. The van der Waals surface area contributed by atoms with Crippen LogP contribution in [0.1, 0.15) is 57.6 Å². The molecule has 0 bridgehead atoms. The van der Waals surface area contributed by atoms with Crippen LogP contribution in [0.15, 0.2) is 18.2 Å². The van der Waals surface area contributed by atoms with E-state index in [2.05, 4.69) is 38.3 Å². The Hall–Kier alpha value is -1.55. The van der Waals surface area contributed by atoms with Crippen LogP contribution in [0, 0.1) is 0 Å². The molecule has 0 aromatic heterocycles. The summed E-state index contributed by atoms with van der Waals surface area (Å²) >= 11 is 0. The fraction of sp³-hybridized carbons (Fsp3) is 0.562. The van der Waals surface area contributed by atoms with E-state index in [0.29, 0.717) is 11.8 Å². The van der Waals surface area contributed by atoms with E-state index < -0.39 is 0 Å². The van der Waals surface area contributed by atoms with Crippen molar-refractivity contribution in [1.82, 2.24) is 5.32 Å². The number of benzene rings is 1. The zero-order valence-electron chi connectivity index (χ0n) is 13.0. The predicted molar refractivity (Wildman–Crippen MR) is 83.3 cm³/mol. The Kier molecular flexibility index (Phi) is 6.02. The quantitative estimate of drug-likeness (QED) is 0.772. The smallest absolute Gasteiger partial charge is 0.319 e. The van der Waals surface area contributed by atoms with Crippen molar-refractivity contribution in [2.45, 2.75) is 52.5 Å². The molecule has 1 rings (SSSR count). The van der Waals surface area contributed by atoms with Crippen LogP contribution in [0.25, 0.3) is 0 Å². The fourth-order valence-electron chi connectivity index (χ4n) is 2.11. The number of carbonyl (C=O) groups is 1. The van der Waals surface area contributed by atoms with Crippen molar-refractivity contribution < 1.29 is 9.90 Å². The van der Waals surface area contributed by atoms with Gasteiger partial charge in [-0.25, -0.2) is 4.79 Å². The Morgan fingerprint density at radius 3 is 2.00 bits per heavy atom. The van der Waals surface area contributed by atoms with Crippen LogP contribution in [0.3, 0.4) is 0 Å². The van der Waals surface area contributed by atoms with Gasteiger partial charge in [0.15, 0.2) is 0 Å². The molecule has 1 atom stereocenters. The maximum Gasteiger partial charge on any atom is 0.319 e. The summed E-state index contributed by atoms with van der Waals surface area (Å²) < 4.78 is 0. The van der Waals surface area contributed by atoms with Gasteiger partial charge in [0, 0.05) is 5.69 Å². The summed E-state index contributed by atoms with van der Waals surface area (Å²) in [7, 11) is 0. The highest BCUT2D eigenvalue weighted by Crippen LogP contribution is 2.32. The molecular weight excluding hydrogens is 252 g/mol. The van der Waals surface area contributed by atoms with Crippen molar-refractivity contribution >= 4 is 11.7 Å². The van der Waals surface area contributed by atoms with Crippen molar-refractivity contribution in [1.29, 1.82) is 0 Å². The third-order valence-corrected chi connectivity index (χ3v) is 3.26. The van der Waals surface area contributed by atoms with E-state index in [9.17, 15) is 4.79 Å². The first-order chi connectivity index (χ1) is 9.36. The predicted octanol–water partition coefficient (Wildman–Crippen LogP) is 3.44. The minimum absolute atomic E-state index is 0.0731. The molecule has 2 amide bonds. The number of anilines is 1. The lowest BCUT2D eigenvalue weighted by Crippen LogP contribution is -2.38. The van der Waals surface area contributed by atoms with Crippen molar-refractivity contribution in [2.24, 2.45) is 0 Å². The Bertz CT molecular complexity index is 430. The highest BCUT2D eigenvalue weighted by atomic mass is 16.3. The first-order valence-electron chi connectivity index (χ1n) is 7.18. The monoisotopic (exact) mass is 278 g/mol. The number of hydrogen-bond donors (Lipinski definition) is 3. The van der Waals surface area contributed by atoms with Gasteiger partial charge in [0.2, 0.25) is 0 Å². The lowest BCUT2D eigenvalue weighted by molar-refractivity contribution is 0.229. The second-order valence-corrected chi connectivity index (χ2v) is 5.80. The normalized spacial score (nSPS) is 12.6.